The molecule has 24 nitrogen and oxygen atoms in total. The minimum Gasteiger partial charge on any atom is -0.492 e. The molecule has 120 heavy (non-hydrogen) atoms. The highest BCUT2D eigenvalue weighted by molar-refractivity contribution is 7.47. The third kappa shape index (κ3) is 71.7. The third-order valence-electron chi connectivity index (χ3n) is 21.3. The number of carbonyl (C=O) groups excluding carboxylic acids is 6. The molecule has 1 aromatic carbocycles. The number of carbonyl (C=O) groups is 6. The van der Waals surface area contributed by atoms with Gasteiger partial charge in [-0.2, -0.15) is 0 Å². The van der Waals surface area contributed by atoms with Crippen molar-refractivity contribution in [3.8, 4) is 5.75 Å². The molecule has 4 unspecified atom stereocenters. The van der Waals surface area contributed by atoms with Gasteiger partial charge in [-0.1, -0.05) is 296 Å². The average molecular weight is 1740 g/mol. The summed E-state index contributed by atoms with van der Waals surface area (Å²) in [4.78, 5) is 103. The second kappa shape index (κ2) is 81.5. The highest BCUT2D eigenvalue weighted by Gasteiger charge is 2.31. The average Bonchev–Trinajstić information content (AvgIpc) is 0.873. The number of esters is 2. The lowest BCUT2D eigenvalue weighted by atomic mass is 9.97. The number of unbranched alkanes of at least 4 members (excludes halogenated alkanes) is 38. The van der Waals surface area contributed by atoms with Gasteiger partial charge in [0.05, 0.1) is 64.9 Å². The van der Waals surface area contributed by atoms with Crippen LogP contribution in [0.2, 0.25) is 0 Å². The van der Waals surface area contributed by atoms with E-state index in [-0.39, 0.29) is 108 Å². The van der Waals surface area contributed by atoms with Crippen molar-refractivity contribution in [2.45, 2.75) is 419 Å². The van der Waals surface area contributed by atoms with Crippen LogP contribution in [-0.2, 0) is 81.4 Å². The van der Waals surface area contributed by atoms with Crippen molar-refractivity contribution in [1.29, 1.82) is 0 Å². The van der Waals surface area contributed by atoms with E-state index in [4.69, 9.17) is 47.5 Å². The molecule has 8 N–H and O–H groups in total. The van der Waals surface area contributed by atoms with Gasteiger partial charge in [-0.25, -0.2) is 9.13 Å². The number of phosphoric acid groups is 2. The van der Waals surface area contributed by atoms with Gasteiger partial charge in [0.1, 0.15) is 30.5 Å². The maximum absolute atomic E-state index is 14.0. The summed E-state index contributed by atoms with van der Waals surface area (Å²) >= 11 is 0. The van der Waals surface area contributed by atoms with E-state index in [0.29, 0.717) is 75.5 Å². The molecule has 0 fully saturated rings. The van der Waals surface area contributed by atoms with Crippen LogP contribution in [0.1, 0.15) is 394 Å². The molecule has 0 bridgehead atoms. The fourth-order valence-corrected chi connectivity index (χ4v) is 15.5. The molecule has 0 saturated carbocycles. The van der Waals surface area contributed by atoms with Crippen molar-refractivity contribution in [3.05, 3.63) is 54.1 Å². The molecule has 0 aliphatic carbocycles. The van der Waals surface area contributed by atoms with Gasteiger partial charge in [-0.15, -0.1) is 0 Å². The summed E-state index contributed by atoms with van der Waals surface area (Å²) in [7, 11) is -9.68. The van der Waals surface area contributed by atoms with E-state index in [9.17, 15) is 47.7 Å². The summed E-state index contributed by atoms with van der Waals surface area (Å²) in [6.07, 6.45) is 61.2. The number of allylic oxidation sites excluding steroid dienone is 4. The van der Waals surface area contributed by atoms with Crippen LogP contribution in [0.15, 0.2) is 48.6 Å². The molecule has 1 rings (SSSR count). The summed E-state index contributed by atoms with van der Waals surface area (Å²) in [5.74, 6) is -3.43. The van der Waals surface area contributed by atoms with Crippen molar-refractivity contribution in [3.63, 3.8) is 0 Å². The Hall–Kier alpha value is -4.58. The number of hydrogen-bond donors (Lipinski definition) is 7. The summed E-state index contributed by atoms with van der Waals surface area (Å²) in [6, 6.07) is 5.01. The highest BCUT2D eigenvalue weighted by atomic mass is 31.2. The lowest BCUT2D eigenvalue weighted by Gasteiger charge is -2.22. The number of rotatable bonds is 89. The minimum atomic E-state index is -4.84. The molecule has 4 amide bonds. The Bertz CT molecular complexity index is 2630. The molecule has 1 aromatic rings. The van der Waals surface area contributed by atoms with Crippen molar-refractivity contribution < 1.29 is 89.5 Å². The Morgan fingerprint density at radius 1 is 0.375 bits per heavy atom. The first-order valence-electron chi connectivity index (χ1n) is 48.0. The predicted octanol–water partition coefficient (Wildman–Crippen LogP) is 21.8. The second-order valence-corrected chi connectivity index (χ2v) is 35.6. The molecule has 0 heterocycles. The van der Waals surface area contributed by atoms with Gasteiger partial charge in [-0.3, -0.25) is 46.9 Å². The standard InChI is InChI=1S/C94H173N5O19P2/c1-7-13-19-25-29-33-35-39-41-47-53-59-89(100)98-83(78-110-72-67-86(57-51-45-23-17-11-5)117-91(102)61-55-49-43-37-31-27-21-15-9-3)80-115-119(106,107)113-75-70-96-93(104)88(77-82-63-65-85(66-64-82)112-74-69-95)94(105)97-71-76-114-120(108,109)116-81-84(99-90(101)60-54-48-42-40-36-34-30-26-20-14-8-2)79-111-73-68-87(58-52-46-24-18-12-6)118-92(103)62-56-50-44-38-32-28-22-16-10-4/h37-38,43-44,63-66,83-84,86-88H,7-36,39-42,45-62,67-81,95H2,1-6H3,(H,96,104)(H,97,105)(H,98,100)(H,99,101)(H,106,107)(H,108,109)/t83?,84?,86-,87-,88?/m1/s1. The van der Waals surface area contributed by atoms with Gasteiger partial charge in [0.2, 0.25) is 23.6 Å². The fraction of sp³-hybridized carbons (Fsp3) is 0.830. The van der Waals surface area contributed by atoms with Crippen LogP contribution in [0.4, 0.5) is 0 Å². The smallest absolute Gasteiger partial charge is 0.472 e. The zero-order chi connectivity index (χ0) is 87.7. The van der Waals surface area contributed by atoms with Crippen molar-refractivity contribution in [2.75, 3.05) is 79.1 Å². The van der Waals surface area contributed by atoms with Gasteiger partial charge in [0.15, 0.2) is 0 Å². The van der Waals surface area contributed by atoms with Crippen LogP contribution in [0.25, 0.3) is 0 Å². The van der Waals surface area contributed by atoms with Gasteiger partial charge in [0, 0.05) is 58.2 Å². The highest BCUT2D eigenvalue weighted by Crippen LogP contribution is 2.44. The van der Waals surface area contributed by atoms with Crippen LogP contribution in [0.5, 0.6) is 5.75 Å². The quantitative estimate of drug-likeness (QED) is 0.0105. The number of ether oxygens (including phenoxy) is 5. The molecular weight excluding hydrogens is 1560 g/mol. The molecule has 0 saturated heterocycles. The summed E-state index contributed by atoms with van der Waals surface area (Å²) in [5, 5.41) is 11.1. The summed E-state index contributed by atoms with van der Waals surface area (Å²) in [5.41, 5.74) is 6.22. The van der Waals surface area contributed by atoms with Gasteiger partial charge in [-0.05, 0) is 114 Å². The Morgan fingerprint density at radius 3 is 1.05 bits per heavy atom. The van der Waals surface area contributed by atoms with E-state index in [1.54, 1.807) is 24.3 Å². The topological polar surface area (TPSA) is 334 Å². The Balaban J connectivity index is 3.20. The maximum Gasteiger partial charge on any atom is 0.472 e. The van der Waals surface area contributed by atoms with E-state index < -0.39 is 71.9 Å². The molecule has 6 atom stereocenters. The first kappa shape index (κ1) is 113. The molecule has 0 aromatic heterocycles. The fourth-order valence-electron chi connectivity index (χ4n) is 14.0. The third-order valence-corrected chi connectivity index (χ3v) is 23.2. The van der Waals surface area contributed by atoms with Crippen LogP contribution >= 0.6 is 15.6 Å². The zero-order valence-electron chi connectivity index (χ0n) is 76.2. The monoisotopic (exact) mass is 1740 g/mol. The van der Waals surface area contributed by atoms with Crippen molar-refractivity contribution in [2.24, 2.45) is 11.7 Å². The SMILES string of the molecule is CCCCCCC=CCCCC(=O)O[C@H](CCCCCCC)CCOCC(COP(=O)(O)OCCNC(=O)C(Cc1ccc(OCCN)cc1)C(=O)NCCOP(=O)(O)OCC(COCC[C@@H](CCCCCCC)OC(=O)CCCC=CCCCCCC)NC(=O)CCCCCCCCCCCCC)NC(=O)CCCCCCCCCCCCC. The van der Waals surface area contributed by atoms with E-state index in [1.807, 2.05) is 0 Å². The van der Waals surface area contributed by atoms with Crippen LogP contribution in [0.3, 0.4) is 0 Å². The summed E-state index contributed by atoms with van der Waals surface area (Å²) in [6.45, 7) is 11.3. The molecule has 0 radical (unpaired) electrons. The first-order chi connectivity index (χ1) is 58.3. The minimum absolute atomic E-state index is 0.0764. The second-order valence-electron chi connectivity index (χ2n) is 32.7. The molecule has 26 heteroatoms. The largest absolute Gasteiger partial charge is 0.492 e. The van der Waals surface area contributed by atoms with E-state index in [2.05, 4.69) is 87.1 Å². The number of benzene rings is 1. The Kier molecular flexibility index (Phi) is 77.0. The molecule has 698 valence electrons. The summed E-state index contributed by atoms with van der Waals surface area (Å²) < 4.78 is 78.6. The maximum atomic E-state index is 14.0. The lowest BCUT2D eigenvalue weighted by molar-refractivity contribution is -0.151. The zero-order valence-corrected chi connectivity index (χ0v) is 78.0. The van der Waals surface area contributed by atoms with Crippen LogP contribution in [0, 0.1) is 5.92 Å². The van der Waals surface area contributed by atoms with Gasteiger partial charge < -0.3 is 60.5 Å². The molecular formula is C94H173N5O19P2. The van der Waals surface area contributed by atoms with Gasteiger partial charge in [0.25, 0.3) is 0 Å². The Labute approximate surface area is 727 Å². The number of hydrogen-bond acceptors (Lipinski definition) is 18. The van der Waals surface area contributed by atoms with Crippen LogP contribution in [-0.4, -0.2) is 149 Å². The number of nitrogens with one attached hydrogen (secondary N) is 4. The van der Waals surface area contributed by atoms with E-state index >= 15 is 0 Å². The van der Waals surface area contributed by atoms with E-state index in [0.717, 1.165) is 128 Å². The number of nitrogens with two attached hydrogens (primary N) is 1. The van der Waals surface area contributed by atoms with Gasteiger partial charge >= 0.3 is 27.6 Å². The number of phosphoric ester groups is 2. The van der Waals surface area contributed by atoms with E-state index in [1.165, 1.54) is 141 Å². The molecule has 0 aliphatic rings. The van der Waals surface area contributed by atoms with Crippen LogP contribution < -0.4 is 31.7 Å². The predicted molar refractivity (Wildman–Crippen MR) is 485 cm³/mol. The molecule has 0 aliphatic heterocycles. The lowest BCUT2D eigenvalue weighted by Crippen LogP contribution is -2.44. The molecule has 0 spiro atoms. The van der Waals surface area contributed by atoms with Crippen molar-refractivity contribution >= 4 is 51.2 Å². The number of amides is 4. The normalized spacial score (nSPS) is 14.0. The Morgan fingerprint density at radius 2 is 0.700 bits per heavy atom. The van der Waals surface area contributed by atoms with Crippen molar-refractivity contribution in [1.82, 2.24) is 21.3 Å². The first-order valence-corrected chi connectivity index (χ1v) is 51.0.